The number of carbonyl (C=O) groups excluding carboxylic acids is 2. The molecule has 0 fully saturated rings. The van der Waals surface area contributed by atoms with E-state index in [1.807, 2.05) is 0 Å². The highest BCUT2D eigenvalue weighted by molar-refractivity contribution is 5.96. The third kappa shape index (κ3) is 8.68. The van der Waals surface area contributed by atoms with E-state index in [0.717, 1.165) is 19.3 Å². The molecule has 0 aromatic heterocycles. The highest BCUT2D eigenvalue weighted by Gasteiger charge is 2.12. The molecule has 5 heteroatoms. The monoisotopic (exact) mass is 244 g/mol. The average molecular weight is 244 g/mol. The second-order valence-electron chi connectivity index (χ2n) is 4.04. The lowest BCUT2D eigenvalue weighted by molar-refractivity contribution is -0.135. The minimum absolute atomic E-state index is 0.0623. The number of hydrogen-bond acceptors (Lipinski definition) is 3. The van der Waals surface area contributed by atoms with Crippen LogP contribution in [0.5, 0.6) is 0 Å². The van der Waals surface area contributed by atoms with Gasteiger partial charge in [0.05, 0.1) is 0 Å². The molecule has 0 rings (SSSR count). The molecule has 1 N–H and O–H groups in total. The summed E-state index contributed by atoms with van der Waals surface area (Å²) in [6, 6.07) is 0. The van der Waals surface area contributed by atoms with Crippen molar-refractivity contribution in [1.29, 1.82) is 0 Å². The normalized spacial score (nSPS) is 10.1. The van der Waals surface area contributed by atoms with Crippen molar-refractivity contribution >= 4 is 11.8 Å². The maximum atomic E-state index is 11.6. The number of amides is 2. The summed E-state index contributed by atoms with van der Waals surface area (Å²) >= 11 is 0. The summed E-state index contributed by atoms with van der Waals surface area (Å²) < 4.78 is 4.86. The van der Waals surface area contributed by atoms with Gasteiger partial charge in [-0.25, -0.2) is 0 Å². The van der Waals surface area contributed by atoms with Crippen molar-refractivity contribution in [2.24, 2.45) is 0 Å². The van der Waals surface area contributed by atoms with Gasteiger partial charge in [0.2, 0.25) is 11.8 Å². The molecule has 0 heterocycles. The van der Waals surface area contributed by atoms with E-state index in [1.54, 1.807) is 19.1 Å². The molecule has 0 aliphatic heterocycles. The summed E-state index contributed by atoms with van der Waals surface area (Å²) in [5.74, 6) is -0.336. The molecule has 0 saturated heterocycles. The highest BCUT2D eigenvalue weighted by Crippen LogP contribution is 1.95. The summed E-state index contributed by atoms with van der Waals surface area (Å²) in [6.45, 7) is 3.95. The number of unbranched alkanes of at least 4 members (excludes halogenated alkanes) is 1. The fraction of sp³-hybridized carbons (Fsp3) is 0.833. The van der Waals surface area contributed by atoms with Crippen LogP contribution in [0.25, 0.3) is 0 Å². The second-order valence-corrected chi connectivity index (χ2v) is 4.04. The average Bonchev–Trinajstić information content (AvgIpc) is 2.31. The number of methoxy groups -OCH3 is 1. The van der Waals surface area contributed by atoms with E-state index < -0.39 is 0 Å². The van der Waals surface area contributed by atoms with Crippen molar-refractivity contribution in [2.45, 2.75) is 32.6 Å². The van der Waals surface area contributed by atoms with Crippen LogP contribution < -0.4 is 5.32 Å². The molecule has 0 unspecified atom stereocenters. The van der Waals surface area contributed by atoms with E-state index in [4.69, 9.17) is 4.74 Å². The van der Waals surface area contributed by atoms with Crippen molar-refractivity contribution in [3.63, 3.8) is 0 Å². The SMILES string of the molecule is CCCCN(C)C(=O)CC(=O)NCCCOC. The van der Waals surface area contributed by atoms with Crippen molar-refractivity contribution in [3.8, 4) is 0 Å². The molecule has 2 amide bonds. The summed E-state index contributed by atoms with van der Waals surface area (Å²) in [5, 5.41) is 2.69. The fourth-order valence-corrected chi connectivity index (χ4v) is 1.30. The molecular formula is C12H24N2O3. The van der Waals surface area contributed by atoms with E-state index in [-0.39, 0.29) is 18.2 Å². The van der Waals surface area contributed by atoms with Gasteiger partial charge in [-0.3, -0.25) is 9.59 Å². The van der Waals surface area contributed by atoms with Crippen LogP contribution in [0.15, 0.2) is 0 Å². The largest absolute Gasteiger partial charge is 0.385 e. The van der Waals surface area contributed by atoms with Crippen LogP contribution in [-0.2, 0) is 14.3 Å². The first-order valence-corrected chi connectivity index (χ1v) is 6.11. The summed E-state index contributed by atoms with van der Waals surface area (Å²) in [6.07, 6.45) is 2.72. The Morgan fingerprint density at radius 3 is 2.59 bits per heavy atom. The molecule has 0 atom stereocenters. The predicted octanol–water partition coefficient (Wildman–Crippen LogP) is 0.788. The van der Waals surface area contributed by atoms with Crippen LogP contribution in [0, 0.1) is 0 Å². The first-order valence-electron chi connectivity index (χ1n) is 6.11. The van der Waals surface area contributed by atoms with Gasteiger partial charge in [-0.2, -0.15) is 0 Å². The number of rotatable bonds is 9. The molecule has 0 aliphatic carbocycles. The number of hydrogen-bond donors (Lipinski definition) is 1. The van der Waals surface area contributed by atoms with Crippen LogP contribution in [0.1, 0.15) is 32.6 Å². The lowest BCUT2D eigenvalue weighted by Gasteiger charge is -2.16. The Labute approximate surface area is 103 Å². The molecular weight excluding hydrogens is 220 g/mol. The van der Waals surface area contributed by atoms with E-state index in [1.165, 1.54) is 0 Å². The number of ether oxygens (including phenoxy) is 1. The first-order chi connectivity index (χ1) is 8.11. The van der Waals surface area contributed by atoms with E-state index in [2.05, 4.69) is 12.2 Å². The Bertz CT molecular complexity index is 232. The van der Waals surface area contributed by atoms with Crippen LogP contribution in [-0.4, -0.2) is 50.6 Å². The molecule has 0 saturated carbocycles. The smallest absolute Gasteiger partial charge is 0.231 e. The summed E-state index contributed by atoms with van der Waals surface area (Å²) in [7, 11) is 3.35. The first kappa shape index (κ1) is 15.9. The van der Waals surface area contributed by atoms with Crippen LogP contribution >= 0.6 is 0 Å². The molecule has 100 valence electrons. The van der Waals surface area contributed by atoms with Crippen molar-refractivity contribution in [1.82, 2.24) is 10.2 Å². The third-order valence-electron chi connectivity index (χ3n) is 2.43. The van der Waals surface area contributed by atoms with E-state index in [0.29, 0.717) is 19.7 Å². The van der Waals surface area contributed by atoms with Crippen LogP contribution in [0.4, 0.5) is 0 Å². The maximum Gasteiger partial charge on any atom is 0.231 e. The van der Waals surface area contributed by atoms with Crippen molar-refractivity contribution < 1.29 is 14.3 Å². The van der Waals surface area contributed by atoms with Gasteiger partial charge in [0.15, 0.2) is 0 Å². The van der Waals surface area contributed by atoms with E-state index >= 15 is 0 Å². The van der Waals surface area contributed by atoms with Gasteiger partial charge in [-0.05, 0) is 12.8 Å². The maximum absolute atomic E-state index is 11.6. The Hall–Kier alpha value is -1.10. The minimum atomic E-state index is -0.213. The zero-order valence-corrected chi connectivity index (χ0v) is 11.1. The fourth-order valence-electron chi connectivity index (χ4n) is 1.30. The van der Waals surface area contributed by atoms with Crippen molar-refractivity contribution in [2.75, 3.05) is 33.9 Å². The Morgan fingerprint density at radius 2 is 2.00 bits per heavy atom. The zero-order chi connectivity index (χ0) is 13.1. The molecule has 5 nitrogen and oxygen atoms in total. The van der Waals surface area contributed by atoms with Crippen LogP contribution in [0.2, 0.25) is 0 Å². The van der Waals surface area contributed by atoms with Gasteiger partial charge in [-0.15, -0.1) is 0 Å². The predicted molar refractivity (Wildman–Crippen MR) is 66.7 cm³/mol. The van der Waals surface area contributed by atoms with Gasteiger partial charge < -0.3 is 15.0 Å². The standard InChI is InChI=1S/C12H24N2O3/c1-4-5-8-14(2)12(16)10-11(15)13-7-6-9-17-3/h4-10H2,1-3H3,(H,13,15). The number of carbonyl (C=O) groups is 2. The van der Waals surface area contributed by atoms with Gasteiger partial charge >= 0.3 is 0 Å². The molecule has 0 aromatic carbocycles. The van der Waals surface area contributed by atoms with Crippen LogP contribution in [0.3, 0.4) is 0 Å². The molecule has 0 bridgehead atoms. The Morgan fingerprint density at radius 1 is 1.29 bits per heavy atom. The van der Waals surface area contributed by atoms with Gasteiger partial charge in [-0.1, -0.05) is 13.3 Å². The lowest BCUT2D eigenvalue weighted by Crippen LogP contribution is -2.34. The highest BCUT2D eigenvalue weighted by atomic mass is 16.5. The quantitative estimate of drug-likeness (QED) is 0.482. The molecule has 17 heavy (non-hydrogen) atoms. The van der Waals surface area contributed by atoms with E-state index in [9.17, 15) is 9.59 Å². The Balaban J connectivity index is 3.68. The van der Waals surface area contributed by atoms with Gasteiger partial charge in [0, 0.05) is 33.9 Å². The number of nitrogens with zero attached hydrogens (tertiary/aromatic N) is 1. The number of nitrogens with one attached hydrogen (secondary N) is 1. The summed E-state index contributed by atoms with van der Waals surface area (Å²) in [4.78, 5) is 24.6. The lowest BCUT2D eigenvalue weighted by atomic mass is 10.3. The molecule has 0 aliphatic rings. The molecule has 0 aromatic rings. The molecule has 0 spiro atoms. The third-order valence-corrected chi connectivity index (χ3v) is 2.43. The topological polar surface area (TPSA) is 58.6 Å². The minimum Gasteiger partial charge on any atom is -0.385 e. The van der Waals surface area contributed by atoms with Crippen molar-refractivity contribution in [3.05, 3.63) is 0 Å². The summed E-state index contributed by atoms with van der Waals surface area (Å²) in [5.41, 5.74) is 0. The Kier molecular flexibility index (Phi) is 9.43. The van der Waals surface area contributed by atoms with Gasteiger partial charge in [0.25, 0.3) is 0 Å². The molecule has 0 radical (unpaired) electrons. The van der Waals surface area contributed by atoms with Gasteiger partial charge in [0.1, 0.15) is 6.42 Å². The second kappa shape index (κ2) is 10.1. The zero-order valence-electron chi connectivity index (χ0n) is 11.1.